The second-order valence-corrected chi connectivity index (χ2v) is 3.74. The molecule has 0 unspecified atom stereocenters. The maximum absolute atomic E-state index is 9.39. The van der Waals surface area contributed by atoms with Crippen LogP contribution < -0.4 is 4.74 Å². The molecule has 0 saturated heterocycles. The van der Waals surface area contributed by atoms with Gasteiger partial charge in [0.25, 0.3) is 0 Å². The first-order valence-corrected chi connectivity index (χ1v) is 5.25. The second-order valence-electron chi connectivity index (χ2n) is 3.74. The number of hydrogen-bond acceptors (Lipinski definition) is 3. The molecule has 1 heterocycles. The van der Waals surface area contributed by atoms with Crippen molar-refractivity contribution in [1.82, 2.24) is 4.98 Å². The minimum atomic E-state index is -0.801. The molecule has 15 heavy (non-hydrogen) atoms. The summed E-state index contributed by atoms with van der Waals surface area (Å²) in [5, 5.41) is 9.39. The van der Waals surface area contributed by atoms with Crippen molar-refractivity contribution in [3.63, 3.8) is 0 Å². The molecule has 86 valence electrons. The number of aromatic nitrogens is 1. The summed E-state index contributed by atoms with van der Waals surface area (Å²) in [7, 11) is 0. The maximum atomic E-state index is 9.39. The van der Waals surface area contributed by atoms with Gasteiger partial charge in [0.1, 0.15) is 12.4 Å². The minimum absolute atomic E-state index is 0.276. The van der Waals surface area contributed by atoms with E-state index in [1.54, 1.807) is 20.0 Å². The highest BCUT2D eigenvalue weighted by atomic mass is 16.5. The van der Waals surface area contributed by atoms with Crippen LogP contribution in [0.25, 0.3) is 0 Å². The largest absolute Gasteiger partial charge is 0.489 e. The Bertz CT molecular complexity index is 262. The van der Waals surface area contributed by atoms with Gasteiger partial charge in [0.15, 0.2) is 0 Å². The van der Waals surface area contributed by atoms with Gasteiger partial charge in [-0.15, -0.1) is 0 Å². The van der Waals surface area contributed by atoms with Crippen molar-refractivity contribution >= 4 is 0 Å². The van der Waals surface area contributed by atoms with Crippen LogP contribution in [-0.4, -0.2) is 22.3 Å². The third kappa shape index (κ3) is 6.91. The summed E-state index contributed by atoms with van der Waals surface area (Å²) in [6, 6.07) is 3.72. The molecule has 1 aromatic heterocycles. The van der Waals surface area contributed by atoms with E-state index in [1.807, 2.05) is 32.9 Å². The summed E-state index contributed by atoms with van der Waals surface area (Å²) in [6.45, 7) is 9.60. The lowest BCUT2D eigenvalue weighted by atomic mass is 10.2. The lowest BCUT2D eigenvalue weighted by Gasteiger charge is -2.17. The van der Waals surface area contributed by atoms with E-state index < -0.39 is 5.60 Å². The molecule has 0 bridgehead atoms. The van der Waals surface area contributed by atoms with E-state index in [0.29, 0.717) is 5.75 Å². The highest BCUT2D eigenvalue weighted by Gasteiger charge is 2.12. The molecule has 0 aromatic carbocycles. The molecular weight excluding hydrogens is 190 g/mol. The Hall–Kier alpha value is -1.09. The Labute approximate surface area is 92.1 Å². The van der Waals surface area contributed by atoms with E-state index in [-0.39, 0.29) is 6.61 Å². The van der Waals surface area contributed by atoms with E-state index in [9.17, 15) is 5.11 Å². The Morgan fingerprint density at radius 2 is 1.93 bits per heavy atom. The fraction of sp³-hybridized carbons (Fsp3) is 0.583. The number of pyridine rings is 1. The first kappa shape index (κ1) is 13.9. The molecule has 0 aliphatic carbocycles. The van der Waals surface area contributed by atoms with Gasteiger partial charge >= 0.3 is 0 Å². The Morgan fingerprint density at radius 3 is 2.33 bits per heavy atom. The van der Waals surface area contributed by atoms with Crippen molar-refractivity contribution < 1.29 is 9.84 Å². The Balaban J connectivity index is 0.000000921. The summed E-state index contributed by atoms with van der Waals surface area (Å²) >= 11 is 0. The third-order valence-corrected chi connectivity index (χ3v) is 1.48. The average molecular weight is 211 g/mol. The number of nitrogens with zero attached hydrogens (tertiary/aromatic N) is 1. The van der Waals surface area contributed by atoms with Crippen molar-refractivity contribution in [2.45, 2.75) is 40.2 Å². The van der Waals surface area contributed by atoms with Gasteiger partial charge in [-0.25, -0.2) is 0 Å². The van der Waals surface area contributed by atoms with E-state index in [0.717, 1.165) is 5.69 Å². The fourth-order valence-electron chi connectivity index (χ4n) is 0.800. The highest BCUT2D eigenvalue weighted by Crippen LogP contribution is 2.11. The fourth-order valence-corrected chi connectivity index (χ4v) is 0.800. The molecule has 0 spiro atoms. The van der Waals surface area contributed by atoms with Crippen LogP contribution in [0.2, 0.25) is 0 Å². The number of hydrogen-bond donors (Lipinski definition) is 1. The molecule has 1 aromatic rings. The highest BCUT2D eigenvalue weighted by molar-refractivity contribution is 5.19. The van der Waals surface area contributed by atoms with Crippen LogP contribution >= 0.6 is 0 Å². The average Bonchev–Trinajstić information content (AvgIpc) is 2.19. The summed E-state index contributed by atoms with van der Waals surface area (Å²) in [6.07, 6.45) is 1.65. The van der Waals surface area contributed by atoms with Gasteiger partial charge in [0, 0.05) is 5.69 Å². The lowest BCUT2D eigenvalue weighted by Crippen LogP contribution is -2.27. The van der Waals surface area contributed by atoms with Gasteiger partial charge < -0.3 is 9.84 Å². The van der Waals surface area contributed by atoms with E-state index >= 15 is 0 Å². The zero-order chi connectivity index (χ0) is 11.9. The van der Waals surface area contributed by atoms with Crippen molar-refractivity contribution in [3.05, 3.63) is 24.0 Å². The van der Waals surface area contributed by atoms with E-state index in [1.165, 1.54) is 0 Å². The molecule has 0 aliphatic heterocycles. The van der Waals surface area contributed by atoms with Gasteiger partial charge in [0.05, 0.1) is 11.8 Å². The van der Waals surface area contributed by atoms with Crippen LogP contribution in [0.1, 0.15) is 33.4 Å². The van der Waals surface area contributed by atoms with Crippen molar-refractivity contribution in [2.24, 2.45) is 0 Å². The van der Waals surface area contributed by atoms with Gasteiger partial charge in [-0.1, -0.05) is 13.8 Å². The molecule has 0 saturated carbocycles. The van der Waals surface area contributed by atoms with Crippen molar-refractivity contribution in [2.75, 3.05) is 6.61 Å². The zero-order valence-corrected chi connectivity index (χ0v) is 10.2. The first-order chi connectivity index (χ1) is 6.97. The van der Waals surface area contributed by atoms with Crippen LogP contribution in [0.5, 0.6) is 5.75 Å². The Kier molecular flexibility index (Phi) is 5.94. The quantitative estimate of drug-likeness (QED) is 0.835. The van der Waals surface area contributed by atoms with E-state index in [2.05, 4.69) is 4.98 Å². The summed E-state index contributed by atoms with van der Waals surface area (Å²) < 4.78 is 5.31. The molecule has 0 amide bonds. The predicted octanol–water partition coefficient (Wildman–Crippen LogP) is 2.57. The molecule has 1 N–H and O–H groups in total. The maximum Gasteiger partial charge on any atom is 0.137 e. The van der Waals surface area contributed by atoms with Crippen LogP contribution in [0.3, 0.4) is 0 Å². The molecule has 0 aliphatic rings. The molecule has 0 atom stereocenters. The van der Waals surface area contributed by atoms with Crippen LogP contribution in [-0.2, 0) is 0 Å². The van der Waals surface area contributed by atoms with Gasteiger partial charge in [-0.05, 0) is 32.9 Å². The second kappa shape index (κ2) is 6.40. The standard InChI is InChI=1S/C10H15NO2.C2H6/c1-8-4-5-9(6-11-8)13-7-10(2,3)12;1-2/h4-6,12H,7H2,1-3H3;1-2H3. The first-order valence-electron chi connectivity index (χ1n) is 5.25. The Morgan fingerprint density at radius 1 is 1.33 bits per heavy atom. The van der Waals surface area contributed by atoms with Crippen molar-refractivity contribution in [3.8, 4) is 5.75 Å². The molecule has 3 nitrogen and oxygen atoms in total. The summed E-state index contributed by atoms with van der Waals surface area (Å²) in [5.41, 5.74) is 0.154. The van der Waals surface area contributed by atoms with Crippen molar-refractivity contribution in [1.29, 1.82) is 0 Å². The molecule has 0 fully saturated rings. The zero-order valence-electron chi connectivity index (χ0n) is 10.2. The minimum Gasteiger partial charge on any atom is -0.489 e. The molecule has 0 radical (unpaired) electrons. The normalized spacial score (nSPS) is 10.3. The van der Waals surface area contributed by atoms with Gasteiger partial charge in [-0.2, -0.15) is 0 Å². The van der Waals surface area contributed by atoms with Crippen LogP contribution in [0, 0.1) is 6.92 Å². The van der Waals surface area contributed by atoms with Crippen LogP contribution in [0.4, 0.5) is 0 Å². The number of aryl methyl sites for hydroxylation is 1. The molecular formula is C12H21NO2. The van der Waals surface area contributed by atoms with Gasteiger partial charge in [0.2, 0.25) is 0 Å². The van der Waals surface area contributed by atoms with Gasteiger partial charge in [-0.3, -0.25) is 4.98 Å². The number of aliphatic hydroxyl groups is 1. The monoisotopic (exact) mass is 211 g/mol. The number of ether oxygens (including phenoxy) is 1. The SMILES string of the molecule is CC.Cc1ccc(OCC(C)(C)O)cn1. The van der Waals surface area contributed by atoms with Crippen LogP contribution in [0.15, 0.2) is 18.3 Å². The predicted molar refractivity (Wildman–Crippen MR) is 62.1 cm³/mol. The number of rotatable bonds is 3. The lowest BCUT2D eigenvalue weighted by molar-refractivity contribution is 0.0283. The summed E-state index contributed by atoms with van der Waals surface area (Å²) in [4.78, 5) is 4.07. The molecule has 1 rings (SSSR count). The molecule has 3 heteroatoms. The third-order valence-electron chi connectivity index (χ3n) is 1.48. The smallest absolute Gasteiger partial charge is 0.137 e. The summed E-state index contributed by atoms with van der Waals surface area (Å²) in [5.74, 6) is 0.688. The topological polar surface area (TPSA) is 42.4 Å². The van der Waals surface area contributed by atoms with E-state index in [4.69, 9.17) is 4.74 Å².